The Morgan fingerprint density at radius 3 is 2.70 bits per heavy atom. The zero-order valence-corrected chi connectivity index (χ0v) is 13.6. The number of carbonyl (C=O) groups excluding carboxylic acids is 2. The standard InChI is InChI=1S/C18H12F3N3O3/c19-12-5-4-9(6-10(12)7-22)11-8-23-16(25)18(11,27)17(26)24-14-3-1-2-13(20)15(14)21/h1-6,11,27H,8H2,(H,23,25)(H,24,26)/t11-,18+/m1/s1. The number of aliphatic hydroxyl groups is 1. The number of anilines is 1. The second-order valence-corrected chi connectivity index (χ2v) is 5.94. The lowest BCUT2D eigenvalue weighted by atomic mass is 9.83. The van der Waals surface area contributed by atoms with Gasteiger partial charge in [-0.2, -0.15) is 5.26 Å². The first-order valence-electron chi connectivity index (χ1n) is 7.74. The summed E-state index contributed by atoms with van der Waals surface area (Å²) in [5.41, 5.74) is -3.39. The third kappa shape index (κ3) is 3.00. The molecule has 6 nitrogen and oxygen atoms in total. The fourth-order valence-electron chi connectivity index (χ4n) is 2.92. The van der Waals surface area contributed by atoms with Crippen molar-refractivity contribution in [3.8, 4) is 6.07 Å². The lowest BCUT2D eigenvalue weighted by Gasteiger charge is -2.26. The number of amides is 2. The summed E-state index contributed by atoms with van der Waals surface area (Å²) in [6.07, 6.45) is 0. The zero-order valence-electron chi connectivity index (χ0n) is 13.6. The molecule has 0 aliphatic carbocycles. The minimum Gasteiger partial charge on any atom is -0.371 e. The van der Waals surface area contributed by atoms with Gasteiger partial charge in [-0.05, 0) is 29.8 Å². The van der Waals surface area contributed by atoms with Crippen LogP contribution in [0.3, 0.4) is 0 Å². The highest BCUT2D eigenvalue weighted by Gasteiger charge is 2.56. The van der Waals surface area contributed by atoms with Crippen molar-refractivity contribution in [2.24, 2.45) is 0 Å². The molecule has 1 saturated heterocycles. The number of rotatable bonds is 3. The van der Waals surface area contributed by atoms with Crippen LogP contribution in [0.1, 0.15) is 17.0 Å². The topological polar surface area (TPSA) is 102 Å². The molecule has 1 aliphatic heterocycles. The van der Waals surface area contributed by atoms with Gasteiger partial charge < -0.3 is 15.7 Å². The van der Waals surface area contributed by atoms with E-state index < -0.39 is 46.5 Å². The number of nitrogens with one attached hydrogen (secondary N) is 2. The molecule has 27 heavy (non-hydrogen) atoms. The largest absolute Gasteiger partial charge is 0.371 e. The van der Waals surface area contributed by atoms with Gasteiger partial charge in [0.25, 0.3) is 11.8 Å². The average Bonchev–Trinajstić information content (AvgIpc) is 2.95. The Bertz CT molecular complexity index is 990. The minimum atomic E-state index is -2.66. The van der Waals surface area contributed by atoms with Crippen molar-refractivity contribution in [1.82, 2.24) is 5.32 Å². The van der Waals surface area contributed by atoms with Gasteiger partial charge >= 0.3 is 0 Å². The summed E-state index contributed by atoms with van der Waals surface area (Å²) >= 11 is 0. The zero-order chi connectivity index (χ0) is 19.8. The van der Waals surface area contributed by atoms with Crippen LogP contribution in [0.2, 0.25) is 0 Å². The third-order valence-corrected chi connectivity index (χ3v) is 4.38. The quantitative estimate of drug-likeness (QED) is 0.709. The molecule has 9 heteroatoms. The van der Waals surface area contributed by atoms with E-state index in [2.05, 4.69) is 5.32 Å². The maximum Gasteiger partial charge on any atom is 0.267 e. The van der Waals surface area contributed by atoms with E-state index in [9.17, 15) is 27.9 Å². The van der Waals surface area contributed by atoms with Crippen LogP contribution in [0.15, 0.2) is 36.4 Å². The fourth-order valence-corrected chi connectivity index (χ4v) is 2.92. The Labute approximate surface area is 151 Å². The van der Waals surface area contributed by atoms with Crippen molar-refractivity contribution < 1.29 is 27.9 Å². The number of nitriles is 1. The number of nitrogens with zero attached hydrogens (tertiary/aromatic N) is 1. The molecule has 1 fully saturated rings. The first-order valence-corrected chi connectivity index (χ1v) is 7.74. The highest BCUT2D eigenvalue weighted by molar-refractivity contribution is 6.15. The summed E-state index contributed by atoms with van der Waals surface area (Å²) in [5, 5.41) is 24.0. The second kappa shape index (κ2) is 6.74. The monoisotopic (exact) mass is 375 g/mol. The number of carbonyl (C=O) groups is 2. The van der Waals surface area contributed by atoms with Crippen LogP contribution < -0.4 is 10.6 Å². The third-order valence-electron chi connectivity index (χ3n) is 4.38. The van der Waals surface area contributed by atoms with Gasteiger partial charge in [-0.25, -0.2) is 13.2 Å². The second-order valence-electron chi connectivity index (χ2n) is 5.94. The lowest BCUT2D eigenvalue weighted by molar-refractivity contribution is -0.148. The first-order chi connectivity index (χ1) is 12.8. The van der Waals surface area contributed by atoms with Gasteiger partial charge in [-0.1, -0.05) is 12.1 Å². The molecule has 0 bridgehead atoms. The van der Waals surface area contributed by atoms with Gasteiger partial charge in [-0.3, -0.25) is 9.59 Å². The molecule has 2 amide bonds. The van der Waals surface area contributed by atoms with Crippen molar-refractivity contribution in [3.63, 3.8) is 0 Å². The molecule has 2 atom stereocenters. The molecule has 0 radical (unpaired) electrons. The summed E-state index contributed by atoms with van der Waals surface area (Å²) in [6, 6.07) is 7.98. The van der Waals surface area contributed by atoms with E-state index in [1.807, 2.05) is 5.32 Å². The van der Waals surface area contributed by atoms with E-state index in [1.54, 1.807) is 6.07 Å². The Hall–Kier alpha value is -3.38. The van der Waals surface area contributed by atoms with Crippen molar-refractivity contribution in [3.05, 3.63) is 65.0 Å². The van der Waals surface area contributed by atoms with Gasteiger partial charge in [-0.15, -0.1) is 0 Å². The normalized spacial score (nSPS) is 21.4. The molecule has 3 N–H and O–H groups in total. The van der Waals surface area contributed by atoms with Crippen molar-refractivity contribution in [2.45, 2.75) is 11.5 Å². The summed E-state index contributed by atoms with van der Waals surface area (Å²) < 4.78 is 40.6. The van der Waals surface area contributed by atoms with Crippen LogP contribution in [0.5, 0.6) is 0 Å². The molecular formula is C18H12F3N3O3. The number of hydrogen-bond acceptors (Lipinski definition) is 4. The molecule has 1 aliphatic rings. The van der Waals surface area contributed by atoms with Crippen LogP contribution in [-0.4, -0.2) is 29.1 Å². The van der Waals surface area contributed by atoms with Gasteiger partial charge in [0.05, 0.1) is 11.3 Å². The molecule has 0 saturated carbocycles. The summed E-state index contributed by atoms with van der Waals surface area (Å²) in [5.74, 6) is -6.87. The Balaban J connectivity index is 1.98. The maximum absolute atomic E-state index is 13.8. The van der Waals surface area contributed by atoms with Crippen LogP contribution in [0, 0.1) is 28.8 Å². The van der Waals surface area contributed by atoms with E-state index in [4.69, 9.17) is 5.26 Å². The van der Waals surface area contributed by atoms with E-state index >= 15 is 0 Å². The molecule has 0 spiro atoms. The number of benzene rings is 2. The molecular weight excluding hydrogens is 363 g/mol. The highest BCUT2D eigenvalue weighted by Crippen LogP contribution is 2.35. The Morgan fingerprint density at radius 2 is 2.00 bits per heavy atom. The van der Waals surface area contributed by atoms with Crippen molar-refractivity contribution in [1.29, 1.82) is 5.26 Å². The van der Waals surface area contributed by atoms with Gasteiger partial charge in [0.15, 0.2) is 11.6 Å². The van der Waals surface area contributed by atoms with E-state index in [1.165, 1.54) is 6.07 Å². The predicted octanol–water partition coefficient (Wildman–Crippen LogP) is 1.56. The van der Waals surface area contributed by atoms with Crippen LogP contribution in [0.25, 0.3) is 0 Å². The van der Waals surface area contributed by atoms with Gasteiger partial charge in [0.2, 0.25) is 5.60 Å². The molecule has 2 aromatic carbocycles. The molecule has 3 rings (SSSR count). The SMILES string of the molecule is N#Cc1cc([C@H]2CNC(=O)[C@]2(O)C(=O)Nc2cccc(F)c2F)ccc1F. The van der Waals surface area contributed by atoms with Crippen LogP contribution >= 0.6 is 0 Å². The number of halogens is 3. The molecule has 0 aromatic heterocycles. The molecule has 2 aromatic rings. The maximum atomic E-state index is 13.8. The molecule has 0 unspecified atom stereocenters. The predicted molar refractivity (Wildman–Crippen MR) is 86.8 cm³/mol. The lowest BCUT2D eigenvalue weighted by Crippen LogP contribution is -2.52. The van der Waals surface area contributed by atoms with E-state index in [-0.39, 0.29) is 17.7 Å². The van der Waals surface area contributed by atoms with Crippen LogP contribution in [0.4, 0.5) is 18.9 Å². The Kier molecular flexibility index (Phi) is 4.59. The van der Waals surface area contributed by atoms with Crippen LogP contribution in [-0.2, 0) is 9.59 Å². The minimum absolute atomic E-state index is 0.156. The summed E-state index contributed by atoms with van der Waals surface area (Å²) in [7, 11) is 0. The average molecular weight is 375 g/mol. The van der Waals surface area contributed by atoms with E-state index in [0.717, 1.165) is 30.3 Å². The highest BCUT2D eigenvalue weighted by atomic mass is 19.2. The first kappa shape index (κ1) is 18.4. The van der Waals surface area contributed by atoms with Crippen molar-refractivity contribution in [2.75, 3.05) is 11.9 Å². The van der Waals surface area contributed by atoms with Crippen molar-refractivity contribution >= 4 is 17.5 Å². The smallest absolute Gasteiger partial charge is 0.267 e. The van der Waals surface area contributed by atoms with E-state index in [0.29, 0.717) is 0 Å². The van der Waals surface area contributed by atoms with Gasteiger partial charge in [0.1, 0.15) is 11.9 Å². The fraction of sp³-hybridized carbons (Fsp3) is 0.167. The summed E-state index contributed by atoms with van der Waals surface area (Å²) in [4.78, 5) is 24.7. The number of hydrogen-bond donors (Lipinski definition) is 3. The summed E-state index contributed by atoms with van der Waals surface area (Å²) in [6.45, 7) is -0.176. The Morgan fingerprint density at radius 1 is 1.26 bits per heavy atom. The van der Waals surface area contributed by atoms with Gasteiger partial charge in [0, 0.05) is 12.5 Å². The molecule has 1 heterocycles. The molecule has 138 valence electrons.